The molecule has 0 heterocycles. The maximum atomic E-state index is 12.4. The summed E-state index contributed by atoms with van der Waals surface area (Å²) in [6.45, 7) is 3.47. The van der Waals surface area contributed by atoms with Gasteiger partial charge >= 0.3 is 0 Å². The molecule has 0 aromatic heterocycles. The molecule has 0 spiro atoms. The number of carbonyl (C=O) groups is 2. The first kappa shape index (κ1) is 18.6. The zero-order valence-corrected chi connectivity index (χ0v) is 16.0. The van der Waals surface area contributed by atoms with E-state index in [-0.39, 0.29) is 17.8 Å². The molecule has 3 N–H and O–H groups in total. The second kappa shape index (κ2) is 5.62. The minimum atomic E-state index is -1.64. The number of ketones is 2. The van der Waals surface area contributed by atoms with E-state index in [0.717, 1.165) is 25.7 Å². The number of fused-ring (bicyclic) bond motifs is 5. The average Bonchev–Trinajstić information content (AvgIpc) is 2.84. The van der Waals surface area contributed by atoms with E-state index in [0.29, 0.717) is 43.3 Å². The van der Waals surface area contributed by atoms with E-state index >= 15 is 0 Å². The topological polar surface area (TPSA) is 94.8 Å². The summed E-state index contributed by atoms with van der Waals surface area (Å²) in [5.41, 5.74) is -3.56. The number of aliphatic hydroxyl groups is 3. The van der Waals surface area contributed by atoms with Gasteiger partial charge in [-0.25, -0.2) is 0 Å². The molecule has 4 saturated carbocycles. The molecule has 0 aliphatic heterocycles. The highest BCUT2D eigenvalue weighted by molar-refractivity contribution is 5.89. The average molecular weight is 364 g/mol. The van der Waals surface area contributed by atoms with Gasteiger partial charge in [-0.3, -0.25) is 9.59 Å². The van der Waals surface area contributed by atoms with Crippen LogP contribution < -0.4 is 0 Å². The molecule has 4 aliphatic rings. The van der Waals surface area contributed by atoms with Crippen molar-refractivity contribution in [2.75, 3.05) is 6.61 Å². The minimum Gasteiger partial charge on any atom is -0.389 e. The lowest BCUT2D eigenvalue weighted by Gasteiger charge is -2.63. The molecule has 0 aromatic rings. The van der Waals surface area contributed by atoms with Crippen LogP contribution in [0.15, 0.2) is 0 Å². The standard InChI is InChI=1S/C21H32O5/c1-18-7-5-14(23)11-13(18)3-4-16-15(18)6-8-19(2)20(16,25)9-10-21(19,26)17(24)12-22/h13,15-16,22,25-26H,3-12H2,1-2H3/t13-,15-,16+,18+,19+,20+,21-/m0/s1. The number of carbonyl (C=O) groups excluding carboxylic acids is 2. The highest BCUT2D eigenvalue weighted by Crippen LogP contribution is 2.69. The van der Waals surface area contributed by atoms with Crippen LogP contribution in [-0.2, 0) is 9.59 Å². The highest BCUT2D eigenvalue weighted by atomic mass is 16.3. The summed E-state index contributed by atoms with van der Waals surface area (Å²) in [7, 11) is 0. The normalized spacial score (nSPS) is 53.6. The second-order valence-corrected chi connectivity index (χ2v) is 9.97. The van der Waals surface area contributed by atoms with E-state index in [2.05, 4.69) is 6.92 Å². The molecule has 7 atom stereocenters. The van der Waals surface area contributed by atoms with Gasteiger partial charge in [-0.15, -0.1) is 0 Å². The van der Waals surface area contributed by atoms with Crippen LogP contribution in [-0.4, -0.2) is 44.7 Å². The van der Waals surface area contributed by atoms with E-state index in [1.165, 1.54) is 0 Å². The van der Waals surface area contributed by atoms with Gasteiger partial charge in [0.2, 0.25) is 0 Å². The first-order valence-corrected chi connectivity index (χ1v) is 10.2. The number of hydrogen-bond acceptors (Lipinski definition) is 5. The number of rotatable bonds is 2. The van der Waals surface area contributed by atoms with Gasteiger partial charge in [-0.2, -0.15) is 0 Å². The van der Waals surface area contributed by atoms with Crippen LogP contribution in [0.5, 0.6) is 0 Å². The molecule has 4 aliphatic carbocycles. The van der Waals surface area contributed by atoms with E-state index < -0.39 is 29.0 Å². The third-order valence-electron chi connectivity index (χ3n) is 9.42. The first-order chi connectivity index (χ1) is 12.1. The van der Waals surface area contributed by atoms with Gasteiger partial charge in [-0.05, 0) is 68.1 Å². The van der Waals surface area contributed by atoms with Crippen molar-refractivity contribution in [3.05, 3.63) is 0 Å². The van der Waals surface area contributed by atoms with Gasteiger partial charge in [0, 0.05) is 18.3 Å². The maximum absolute atomic E-state index is 12.4. The summed E-state index contributed by atoms with van der Waals surface area (Å²) in [6, 6.07) is 0. The Hall–Kier alpha value is -0.780. The Kier molecular flexibility index (Phi) is 4.01. The van der Waals surface area contributed by atoms with Crippen molar-refractivity contribution in [3.8, 4) is 0 Å². The summed E-state index contributed by atoms with van der Waals surface area (Å²) in [4.78, 5) is 24.3. The molecule has 0 aromatic carbocycles. The van der Waals surface area contributed by atoms with Crippen LogP contribution in [0.4, 0.5) is 0 Å². The third kappa shape index (κ3) is 2.03. The Bertz CT molecular complexity index is 646. The van der Waals surface area contributed by atoms with Crippen LogP contribution in [0, 0.1) is 28.6 Å². The quantitative estimate of drug-likeness (QED) is 0.697. The van der Waals surface area contributed by atoms with E-state index in [1.807, 2.05) is 6.92 Å². The fraction of sp³-hybridized carbons (Fsp3) is 0.905. The fourth-order valence-electron chi connectivity index (χ4n) is 7.61. The molecule has 0 radical (unpaired) electrons. The van der Waals surface area contributed by atoms with Crippen molar-refractivity contribution in [1.29, 1.82) is 0 Å². The Morgan fingerprint density at radius 1 is 1.04 bits per heavy atom. The SMILES string of the molecule is C[C@@]12CCC(=O)C[C@@H]1CC[C@@H]1[C@@H]2CC[C@]2(C)[C@@]1(O)CC[C@]2(O)C(=O)CO. The molecular formula is C21H32O5. The van der Waals surface area contributed by atoms with E-state index in [9.17, 15) is 24.9 Å². The van der Waals surface area contributed by atoms with Crippen LogP contribution in [0.1, 0.15) is 71.6 Å². The molecule has 5 nitrogen and oxygen atoms in total. The zero-order valence-electron chi connectivity index (χ0n) is 16.0. The molecular weight excluding hydrogens is 332 g/mol. The zero-order chi connectivity index (χ0) is 19.0. The molecule has 0 amide bonds. The van der Waals surface area contributed by atoms with Gasteiger partial charge in [0.1, 0.15) is 18.0 Å². The summed E-state index contributed by atoms with van der Waals surface area (Å²) in [5.74, 6) is 0.596. The van der Waals surface area contributed by atoms with Crippen molar-refractivity contribution in [3.63, 3.8) is 0 Å². The summed E-state index contributed by atoms with van der Waals surface area (Å²) < 4.78 is 0. The Labute approximate surface area is 155 Å². The van der Waals surface area contributed by atoms with Crippen molar-refractivity contribution < 1.29 is 24.9 Å². The number of Topliss-reactive ketones (excluding diaryl/α,β-unsaturated/α-hetero) is 2. The molecule has 0 saturated heterocycles. The van der Waals surface area contributed by atoms with Crippen molar-refractivity contribution >= 4 is 11.6 Å². The first-order valence-electron chi connectivity index (χ1n) is 10.2. The monoisotopic (exact) mass is 364 g/mol. The number of aliphatic hydroxyl groups excluding tert-OH is 1. The van der Waals surface area contributed by atoms with Gasteiger partial charge in [0.05, 0.1) is 5.60 Å². The Morgan fingerprint density at radius 2 is 1.77 bits per heavy atom. The van der Waals surface area contributed by atoms with Crippen LogP contribution in [0.2, 0.25) is 0 Å². The summed E-state index contributed by atoms with van der Waals surface area (Å²) in [6.07, 6.45) is 6.08. The van der Waals surface area contributed by atoms with Crippen LogP contribution in [0.25, 0.3) is 0 Å². The molecule has 5 heteroatoms. The van der Waals surface area contributed by atoms with Gasteiger partial charge < -0.3 is 15.3 Å². The molecule has 0 bridgehead atoms. The Morgan fingerprint density at radius 3 is 2.46 bits per heavy atom. The summed E-state index contributed by atoms with van der Waals surface area (Å²) >= 11 is 0. The summed E-state index contributed by atoms with van der Waals surface area (Å²) in [5, 5.41) is 32.4. The molecule has 146 valence electrons. The van der Waals surface area contributed by atoms with Crippen LogP contribution in [0.3, 0.4) is 0 Å². The third-order valence-corrected chi connectivity index (χ3v) is 9.42. The fourth-order valence-corrected chi connectivity index (χ4v) is 7.61. The van der Waals surface area contributed by atoms with Crippen molar-refractivity contribution in [2.24, 2.45) is 28.6 Å². The molecule has 0 unspecified atom stereocenters. The lowest BCUT2D eigenvalue weighted by atomic mass is 9.43. The predicted octanol–water partition coefficient (Wildman–Crippen LogP) is 2.01. The second-order valence-electron chi connectivity index (χ2n) is 9.97. The molecule has 4 rings (SSSR count). The lowest BCUT2D eigenvalue weighted by molar-refractivity contribution is -0.230. The number of hydrogen-bond donors (Lipinski definition) is 3. The van der Waals surface area contributed by atoms with E-state index in [1.54, 1.807) is 0 Å². The lowest BCUT2D eigenvalue weighted by Crippen LogP contribution is -2.66. The van der Waals surface area contributed by atoms with Crippen molar-refractivity contribution in [2.45, 2.75) is 82.8 Å². The largest absolute Gasteiger partial charge is 0.389 e. The van der Waals surface area contributed by atoms with Gasteiger partial charge in [0.15, 0.2) is 5.78 Å². The smallest absolute Gasteiger partial charge is 0.190 e. The Balaban J connectivity index is 1.71. The predicted molar refractivity (Wildman–Crippen MR) is 95.2 cm³/mol. The molecule has 26 heavy (non-hydrogen) atoms. The molecule has 4 fully saturated rings. The minimum absolute atomic E-state index is 0.0521. The van der Waals surface area contributed by atoms with Crippen LogP contribution >= 0.6 is 0 Å². The van der Waals surface area contributed by atoms with Gasteiger partial charge in [-0.1, -0.05) is 13.8 Å². The maximum Gasteiger partial charge on any atom is 0.190 e. The highest BCUT2D eigenvalue weighted by Gasteiger charge is 2.73. The van der Waals surface area contributed by atoms with Crippen molar-refractivity contribution in [1.82, 2.24) is 0 Å². The van der Waals surface area contributed by atoms with E-state index in [4.69, 9.17) is 0 Å². The van der Waals surface area contributed by atoms with Gasteiger partial charge in [0.25, 0.3) is 0 Å².